The van der Waals surface area contributed by atoms with Gasteiger partial charge in [0.05, 0.1) is 23.7 Å². The Hall–Kier alpha value is -3.02. The zero-order chi connectivity index (χ0) is 23.4. The topological polar surface area (TPSA) is 121 Å². The first-order valence-electron chi connectivity index (χ1n) is 10.9. The van der Waals surface area contributed by atoms with Crippen LogP contribution in [0.15, 0.2) is 47.1 Å². The lowest BCUT2D eigenvalue weighted by Gasteiger charge is -2.34. The summed E-state index contributed by atoms with van der Waals surface area (Å²) in [6.07, 6.45) is 3.21. The highest BCUT2D eigenvalue weighted by Gasteiger charge is 2.29. The molecule has 1 aliphatic heterocycles. The number of carbonyl (C=O) groups is 1. The zero-order valence-corrected chi connectivity index (χ0v) is 19.5. The predicted octanol–water partition coefficient (Wildman–Crippen LogP) is 2.40. The molecule has 0 saturated carbocycles. The van der Waals surface area contributed by atoms with Crippen LogP contribution in [0.1, 0.15) is 25.3 Å². The molecule has 1 aliphatic rings. The lowest BCUT2D eigenvalue weighted by atomic mass is 10.2. The maximum atomic E-state index is 12.4. The molecule has 4 rings (SSSR count). The number of fused-ring (bicyclic) bond motifs is 1. The van der Waals surface area contributed by atoms with Gasteiger partial charge in [-0.1, -0.05) is 12.1 Å². The molecule has 2 amide bonds. The van der Waals surface area contributed by atoms with Gasteiger partial charge in [0.15, 0.2) is 5.58 Å². The number of urea groups is 1. The molecule has 3 heterocycles. The van der Waals surface area contributed by atoms with E-state index in [4.69, 9.17) is 4.42 Å². The Morgan fingerprint density at radius 3 is 2.64 bits per heavy atom. The van der Waals surface area contributed by atoms with E-state index in [-0.39, 0.29) is 6.03 Å². The lowest BCUT2D eigenvalue weighted by Crippen LogP contribution is -2.50. The molecule has 1 saturated heterocycles. The zero-order valence-electron chi connectivity index (χ0n) is 18.7. The molecule has 1 fully saturated rings. The number of oxazole rings is 1. The maximum Gasteiger partial charge on any atom is 0.319 e. The Labute approximate surface area is 193 Å². The summed E-state index contributed by atoms with van der Waals surface area (Å²) in [5.74, 6) is 0.567. The molecule has 0 unspecified atom stereocenters. The molecule has 10 nitrogen and oxygen atoms in total. The third-order valence-corrected chi connectivity index (χ3v) is 7.83. The summed E-state index contributed by atoms with van der Waals surface area (Å²) in [7, 11) is -3.23. The van der Waals surface area contributed by atoms with Gasteiger partial charge in [-0.05, 0) is 32.0 Å². The second-order valence-corrected chi connectivity index (χ2v) is 10.7. The molecule has 1 aromatic carbocycles. The Kier molecular flexibility index (Phi) is 6.91. The normalized spacial score (nSPS) is 15.7. The number of hydrogen-bond acceptors (Lipinski definition) is 7. The van der Waals surface area contributed by atoms with Crippen molar-refractivity contribution >= 4 is 32.8 Å². The Balaban J connectivity index is 1.36. The van der Waals surface area contributed by atoms with Gasteiger partial charge >= 0.3 is 6.03 Å². The van der Waals surface area contributed by atoms with E-state index in [2.05, 4.69) is 25.5 Å². The quantitative estimate of drug-likeness (QED) is 0.542. The number of pyridine rings is 1. The molecule has 0 spiro atoms. The fourth-order valence-electron chi connectivity index (χ4n) is 3.68. The van der Waals surface area contributed by atoms with E-state index >= 15 is 0 Å². The lowest BCUT2D eigenvalue weighted by molar-refractivity contribution is 0.169. The number of rotatable bonds is 7. The first-order valence-corrected chi connectivity index (χ1v) is 12.4. The van der Waals surface area contributed by atoms with Crippen LogP contribution in [0.2, 0.25) is 0 Å². The molecule has 33 heavy (non-hydrogen) atoms. The second kappa shape index (κ2) is 9.86. The number of benzene rings is 1. The van der Waals surface area contributed by atoms with Crippen LogP contribution < -0.4 is 10.6 Å². The number of amides is 2. The van der Waals surface area contributed by atoms with E-state index < -0.39 is 15.3 Å². The maximum absolute atomic E-state index is 12.4. The van der Waals surface area contributed by atoms with Crippen LogP contribution in [-0.2, 0) is 23.1 Å². The predicted molar refractivity (Wildman–Crippen MR) is 125 cm³/mol. The van der Waals surface area contributed by atoms with E-state index in [0.717, 1.165) is 5.56 Å². The van der Waals surface area contributed by atoms with Gasteiger partial charge in [0.2, 0.25) is 15.9 Å². The molecular weight excluding hydrogens is 444 g/mol. The second-order valence-electron chi connectivity index (χ2n) is 8.19. The number of anilines is 1. The summed E-state index contributed by atoms with van der Waals surface area (Å²) in [5.41, 5.74) is 2.81. The van der Waals surface area contributed by atoms with E-state index in [1.807, 2.05) is 18.2 Å². The van der Waals surface area contributed by atoms with Crippen LogP contribution in [0.5, 0.6) is 0 Å². The number of aromatic nitrogens is 2. The van der Waals surface area contributed by atoms with Crippen LogP contribution in [0, 0.1) is 0 Å². The summed E-state index contributed by atoms with van der Waals surface area (Å²) in [6.45, 7) is 6.36. The van der Waals surface area contributed by atoms with Crippen LogP contribution in [0.4, 0.5) is 10.5 Å². The van der Waals surface area contributed by atoms with Crippen molar-refractivity contribution in [1.29, 1.82) is 0 Å². The standard InChI is InChI=1S/C22H28N6O4S/c1-16(2)33(30,31)28-11-9-27(10-12-28)15-20-26-21-17(5-3-7-19(21)32-20)13-24-22(29)25-18-6-4-8-23-14-18/h3-8,14,16H,9-13,15H2,1-2H3,(H2,24,25,29). The molecule has 11 heteroatoms. The highest BCUT2D eigenvalue weighted by atomic mass is 32.2. The fourth-order valence-corrected chi connectivity index (χ4v) is 4.95. The van der Waals surface area contributed by atoms with Gasteiger partial charge in [-0.25, -0.2) is 18.2 Å². The van der Waals surface area contributed by atoms with E-state index in [9.17, 15) is 13.2 Å². The Morgan fingerprint density at radius 2 is 1.94 bits per heavy atom. The molecule has 2 aromatic heterocycles. The Morgan fingerprint density at radius 1 is 1.15 bits per heavy atom. The Bertz CT molecular complexity index is 1200. The number of nitrogens with zero attached hydrogens (tertiary/aromatic N) is 4. The van der Waals surface area contributed by atoms with Crippen LogP contribution in [0.25, 0.3) is 11.1 Å². The van der Waals surface area contributed by atoms with Crippen molar-refractivity contribution in [3.05, 3.63) is 54.2 Å². The molecule has 3 aromatic rings. The number of para-hydroxylation sites is 1. The first-order chi connectivity index (χ1) is 15.8. The van der Waals surface area contributed by atoms with Crippen LogP contribution >= 0.6 is 0 Å². The highest BCUT2D eigenvalue weighted by Crippen LogP contribution is 2.21. The van der Waals surface area contributed by atoms with E-state index in [1.165, 1.54) is 0 Å². The minimum Gasteiger partial charge on any atom is -0.439 e. The average molecular weight is 473 g/mol. The fraction of sp³-hybridized carbons (Fsp3) is 0.409. The SMILES string of the molecule is CC(C)S(=O)(=O)N1CCN(Cc2nc3c(CNC(=O)Nc4cccnc4)cccc3o2)CC1. The van der Waals surface area contributed by atoms with Gasteiger partial charge in [-0.3, -0.25) is 9.88 Å². The minimum absolute atomic E-state index is 0.293. The highest BCUT2D eigenvalue weighted by molar-refractivity contribution is 7.89. The van der Waals surface area contributed by atoms with Crippen molar-refractivity contribution in [3.8, 4) is 0 Å². The number of hydrogen-bond donors (Lipinski definition) is 2. The van der Waals surface area contributed by atoms with Crippen molar-refractivity contribution in [2.24, 2.45) is 0 Å². The summed E-state index contributed by atoms with van der Waals surface area (Å²) >= 11 is 0. The van der Waals surface area contributed by atoms with Gasteiger partial charge in [0.25, 0.3) is 0 Å². The van der Waals surface area contributed by atoms with Crippen molar-refractivity contribution in [1.82, 2.24) is 24.5 Å². The van der Waals surface area contributed by atoms with Crippen LogP contribution in [0.3, 0.4) is 0 Å². The van der Waals surface area contributed by atoms with Gasteiger partial charge in [0.1, 0.15) is 5.52 Å². The number of sulfonamides is 1. The largest absolute Gasteiger partial charge is 0.439 e. The van der Waals surface area contributed by atoms with Crippen molar-refractivity contribution < 1.29 is 17.6 Å². The number of carbonyl (C=O) groups excluding carboxylic acids is 1. The smallest absolute Gasteiger partial charge is 0.319 e. The van der Waals surface area contributed by atoms with E-state index in [0.29, 0.717) is 61.9 Å². The van der Waals surface area contributed by atoms with Gasteiger partial charge in [0, 0.05) is 44.5 Å². The molecule has 0 radical (unpaired) electrons. The molecule has 0 aliphatic carbocycles. The monoisotopic (exact) mass is 472 g/mol. The first kappa shape index (κ1) is 23.1. The summed E-state index contributed by atoms with van der Waals surface area (Å²) in [4.78, 5) is 22.9. The molecular formula is C22H28N6O4S. The molecule has 0 bridgehead atoms. The summed E-state index contributed by atoms with van der Waals surface area (Å²) in [6, 6.07) is 8.78. The van der Waals surface area contributed by atoms with Crippen molar-refractivity contribution in [2.75, 3.05) is 31.5 Å². The number of piperazine rings is 1. The molecule has 0 atom stereocenters. The minimum atomic E-state index is -3.23. The van der Waals surface area contributed by atoms with Crippen LogP contribution in [-0.4, -0.2) is 65.1 Å². The third kappa shape index (κ3) is 5.49. The third-order valence-electron chi connectivity index (χ3n) is 5.55. The summed E-state index contributed by atoms with van der Waals surface area (Å²) < 4.78 is 32.2. The summed E-state index contributed by atoms with van der Waals surface area (Å²) in [5, 5.41) is 5.14. The van der Waals surface area contributed by atoms with Gasteiger partial charge in [-0.2, -0.15) is 4.31 Å². The van der Waals surface area contributed by atoms with Crippen molar-refractivity contribution in [2.45, 2.75) is 32.2 Å². The van der Waals surface area contributed by atoms with Crippen molar-refractivity contribution in [3.63, 3.8) is 0 Å². The number of nitrogens with one attached hydrogen (secondary N) is 2. The average Bonchev–Trinajstić information content (AvgIpc) is 3.21. The molecule has 2 N–H and O–H groups in total. The van der Waals surface area contributed by atoms with Gasteiger partial charge < -0.3 is 15.1 Å². The molecule has 176 valence electrons. The van der Waals surface area contributed by atoms with E-state index in [1.54, 1.807) is 42.7 Å². The van der Waals surface area contributed by atoms with Gasteiger partial charge in [-0.15, -0.1) is 0 Å².